The molecule has 1 aromatic rings. The molecule has 1 aliphatic heterocycles. The van der Waals surface area contributed by atoms with E-state index in [4.69, 9.17) is 10.8 Å². The fourth-order valence-corrected chi connectivity index (χ4v) is 1.86. The molecule has 1 aliphatic rings. The average molecular weight is 224 g/mol. The molecule has 0 saturated carbocycles. The minimum absolute atomic E-state index is 0.575. The smallest absolute Gasteiger partial charge is 0.407 e. The van der Waals surface area contributed by atoms with Gasteiger partial charge in [0.1, 0.15) is 0 Å². The van der Waals surface area contributed by atoms with Crippen LogP contribution in [0.3, 0.4) is 0 Å². The van der Waals surface area contributed by atoms with Gasteiger partial charge in [-0.1, -0.05) is 0 Å². The Balaban J connectivity index is 1.83. The number of amides is 1. The van der Waals surface area contributed by atoms with Gasteiger partial charge in [-0.05, 0) is 6.07 Å². The highest BCUT2D eigenvalue weighted by Gasteiger charge is 2.19. The van der Waals surface area contributed by atoms with Gasteiger partial charge < -0.3 is 20.3 Å². The van der Waals surface area contributed by atoms with Gasteiger partial charge in [-0.3, -0.25) is 4.90 Å². The Hall–Kier alpha value is -1.69. The molecule has 0 unspecified atom stereocenters. The fourth-order valence-electron chi connectivity index (χ4n) is 1.86. The van der Waals surface area contributed by atoms with Gasteiger partial charge in [-0.15, -0.1) is 0 Å². The number of nitrogens with zero attached hydrogens (tertiary/aromatic N) is 3. The van der Waals surface area contributed by atoms with E-state index in [0.29, 0.717) is 13.1 Å². The SMILES string of the molecule is Nc1ccn(CN2CCN(C(=O)O)CC2)c1. The number of hydrogen-bond donors (Lipinski definition) is 2. The molecule has 3 N–H and O–H groups in total. The van der Waals surface area contributed by atoms with E-state index in [1.807, 2.05) is 23.0 Å². The number of carbonyl (C=O) groups is 1. The van der Waals surface area contributed by atoms with Crippen molar-refractivity contribution >= 4 is 11.8 Å². The van der Waals surface area contributed by atoms with Crippen LogP contribution in [0.4, 0.5) is 10.5 Å². The number of nitrogens with two attached hydrogens (primary N) is 1. The van der Waals surface area contributed by atoms with Gasteiger partial charge in [0.05, 0.1) is 6.67 Å². The average Bonchev–Trinajstić information content (AvgIpc) is 2.65. The topological polar surface area (TPSA) is 74.7 Å². The summed E-state index contributed by atoms with van der Waals surface area (Å²) < 4.78 is 2.01. The van der Waals surface area contributed by atoms with Crippen molar-refractivity contribution < 1.29 is 9.90 Å². The molecule has 16 heavy (non-hydrogen) atoms. The zero-order valence-electron chi connectivity index (χ0n) is 9.04. The number of hydrogen-bond acceptors (Lipinski definition) is 3. The summed E-state index contributed by atoms with van der Waals surface area (Å²) in [5.74, 6) is 0. The summed E-state index contributed by atoms with van der Waals surface area (Å²) in [6.07, 6.45) is 2.98. The molecule has 0 radical (unpaired) electrons. The number of aromatic nitrogens is 1. The first-order chi connectivity index (χ1) is 7.65. The second kappa shape index (κ2) is 4.44. The molecule has 6 heteroatoms. The van der Waals surface area contributed by atoms with Crippen molar-refractivity contribution in [1.82, 2.24) is 14.4 Å². The van der Waals surface area contributed by atoms with E-state index in [9.17, 15) is 4.79 Å². The van der Waals surface area contributed by atoms with Crippen molar-refractivity contribution in [2.75, 3.05) is 31.9 Å². The third-order valence-corrected chi connectivity index (χ3v) is 2.78. The number of rotatable bonds is 2. The van der Waals surface area contributed by atoms with Crippen LogP contribution in [0.2, 0.25) is 0 Å². The van der Waals surface area contributed by atoms with Crippen LogP contribution in [0, 0.1) is 0 Å². The molecule has 0 atom stereocenters. The lowest BCUT2D eigenvalue weighted by atomic mass is 10.3. The van der Waals surface area contributed by atoms with E-state index in [1.165, 1.54) is 4.90 Å². The Morgan fingerprint density at radius 1 is 1.38 bits per heavy atom. The molecule has 1 aromatic heterocycles. The first-order valence-electron chi connectivity index (χ1n) is 5.26. The number of piperazine rings is 1. The maximum Gasteiger partial charge on any atom is 0.407 e. The Morgan fingerprint density at radius 3 is 2.56 bits per heavy atom. The van der Waals surface area contributed by atoms with Crippen LogP contribution in [0.1, 0.15) is 0 Å². The van der Waals surface area contributed by atoms with E-state index >= 15 is 0 Å². The Morgan fingerprint density at radius 2 is 2.06 bits per heavy atom. The Kier molecular flexibility index (Phi) is 3.00. The number of nitrogen functional groups attached to an aromatic ring is 1. The minimum Gasteiger partial charge on any atom is -0.465 e. The first kappa shape index (κ1) is 10.8. The van der Waals surface area contributed by atoms with Crippen LogP contribution in [-0.2, 0) is 6.67 Å². The lowest BCUT2D eigenvalue weighted by Gasteiger charge is -2.33. The Labute approximate surface area is 93.8 Å². The van der Waals surface area contributed by atoms with Crippen LogP contribution in [0.25, 0.3) is 0 Å². The minimum atomic E-state index is -0.829. The quantitative estimate of drug-likeness (QED) is 0.758. The number of anilines is 1. The molecular formula is C10H16N4O2. The van der Waals surface area contributed by atoms with Gasteiger partial charge in [-0.25, -0.2) is 4.79 Å². The van der Waals surface area contributed by atoms with Gasteiger partial charge >= 0.3 is 6.09 Å². The maximum absolute atomic E-state index is 10.7. The lowest BCUT2D eigenvalue weighted by Crippen LogP contribution is -2.48. The molecular weight excluding hydrogens is 208 g/mol. The molecule has 0 aromatic carbocycles. The van der Waals surface area contributed by atoms with Crippen LogP contribution in [0.15, 0.2) is 18.5 Å². The molecule has 6 nitrogen and oxygen atoms in total. The third-order valence-electron chi connectivity index (χ3n) is 2.78. The molecule has 88 valence electrons. The highest BCUT2D eigenvalue weighted by atomic mass is 16.4. The summed E-state index contributed by atoms with van der Waals surface area (Å²) in [5, 5.41) is 8.80. The largest absolute Gasteiger partial charge is 0.465 e. The molecule has 2 heterocycles. The maximum atomic E-state index is 10.7. The van der Waals surface area contributed by atoms with E-state index < -0.39 is 6.09 Å². The molecule has 1 amide bonds. The lowest BCUT2D eigenvalue weighted by molar-refractivity contribution is 0.0923. The summed E-state index contributed by atoms with van der Waals surface area (Å²) in [5.41, 5.74) is 6.37. The van der Waals surface area contributed by atoms with E-state index in [-0.39, 0.29) is 0 Å². The van der Waals surface area contributed by atoms with Crippen LogP contribution in [-0.4, -0.2) is 51.7 Å². The molecule has 0 bridgehead atoms. The summed E-state index contributed by atoms with van der Waals surface area (Å²) in [4.78, 5) is 14.4. The zero-order chi connectivity index (χ0) is 11.5. The second-order valence-electron chi connectivity index (χ2n) is 3.99. The fraction of sp³-hybridized carbons (Fsp3) is 0.500. The second-order valence-corrected chi connectivity index (χ2v) is 3.99. The van der Waals surface area contributed by atoms with Gasteiger partial charge in [0.15, 0.2) is 0 Å². The molecule has 0 spiro atoms. The third kappa shape index (κ3) is 2.46. The highest BCUT2D eigenvalue weighted by Crippen LogP contribution is 2.07. The summed E-state index contributed by atoms with van der Waals surface area (Å²) in [6.45, 7) is 3.46. The van der Waals surface area contributed by atoms with Gasteiger partial charge in [0, 0.05) is 44.3 Å². The van der Waals surface area contributed by atoms with Gasteiger partial charge in [0.25, 0.3) is 0 Å². The van der Waals surface area contributed by atoms with Gasteiger partial charge in [-0.2, -0.15) is 0 Å². The monoisotopic (exact) mass is 224 g/mol. The van der Waals surface area contributed by atoms with Crippen LogP contribution >= 0.6 is 0 Å². The Bertz CT molecular complexity index is 369. The van der Waals surface area contributed by atoms with Crippen molar-refractivity contribution in [3.05, 3.63) is 18.5 Å². The van der Waals surface area contributed by atoms with Crippen molar-refractivity contribution in [1.29, 1.82) is 0 Å². The summed E-state index contributed by atoms with van der Waals surface area (Å²) in [7, 11) is 0. The molecule has 1 fully saturated rings. The summed E-state index contributed by atoms with van der Waals surface area (Å²) in [6, 6.07) is 1.85. The zero-order valence-corrected chi connectivity index (χ0v) is 9.04. The van der Waals surface area contributed by atoms with Crippen molar-refractivity contribution in [3.63, 3.8) is 0 Å². The van der Waals surface area contributed by atoms with Crippen LogP contribution in [0.5, 0.6) is 0 Å². The van der Waals surface area contributed by atoms with Crippen molar-refractivity contribution in [2.24, 2.45) is 0 Å². The van der Waals surface area contributed by atoms with Gasteiger partial charge in [0.2, 0.25) is 0 Å². The standard InChI is InChI=1S/C10H16N4O2/c11-9-1-2-13(7-9)8-12-3-5-14(6-4-12)10(15)16/h1-2,7H,3-6,8,11H2,(H,15,16). The first-order valence-corrected chi connectivity index (χ1v) is 5.26. The molecule has 1 saturated heterocycles. The van der Waals surface area contributed by atoms with Crippen molar-refractivity contribution in [3.8, 4) is 0 Å². The van der Waals surface area contributed by atoms with E-state index in [2.05, 4.69) is 4.90 Å². The van der Waals surface area contributed by atoms with Crippen molar-refractivity contribution in [2.45, 2.75) is 6.67 Å². The summed E-state index contributed by atoms with van der Waals surface area (Å²) >= 11 is 0. The molecule has 2 rings (SSSR count). The van der Waals surface area contributed by atoms with E-state index in [1.54, 1.807) is 0 Å². The van der Waals surface area contributed by atoms with Crippen LogP contribution < -0.4 is 5.73 Å². The predicted octanol–water partition coefficient (Wildman–Crippen LogP) is 0.323. The normalized spacial score (nSPS) is 17.6. The van der Waals surface area contributed by atoms with E-state index in [0.717, 1.165) is 25.4 Å². The molecule has 0 aliphatic carbocycles. The predicted molar refractivity (Wildman–Crippen MR) is 60.0 cm³/mol. The number of carboxylic acid groups (broad SMARTS) is 1. The highest BCUT2D eigenvalue weighted by molar-refractivity contribution is 5.65.